The van der Waals surface area contributed by atoms with E-state index in [4.69, 9.17) is 0 Å². The van der Waals surface area contributed by atoms with Crippen molar-refractivity contribution < 1.29 is 5.11 Å². The molecule has 0 radical (unpaired) electrons. The Hall–Kier alpha value is -6.44. The summed E-state index contributed by atoms with van der Waals surface area (Å²) in [5.74, 6) is 0.294. The molecule has 0 saturated heterocycles. The third kappa shape index (κ3) is 4.95. The van der Waals surface area contributed by atoms with E-state index in [9.17, 15) is 5.11 Å². The van der Waals surface area contributed by atoms with E-state index in [0.717, 1.165) is 33.4 Å². The monoisotopic (exact) mass is 638 g/mol. The minimum atomic E-state index is 0.294. The lowest BCUT2D eigenvalue weighted by molar-refractivity contribution is 0.479. The van der Waals surface area contributed by atoms with Crippen molar-refractivity contribution in [2.24, 2.45) is 0 Å². The highest BCUT2D eigenvalue weighted by molar-refractivity contribution is 6.25. The van der Waals surface area contributed by atoms with Crippen LogP contribution in [0.4, 0.5) is 0 Å². The van der Waals surface area contributed by atoms with Gasteiger partial charge in [0.2, 0.25) is 0 Å². The smallest absolute Gasteiger partial charge is 0.131 e. The first-order valence-electron chi connectivity index (χ1n) is 17.2. The molecule has 0 heterocycles. The number of phenolic OH excluding ortho intramolecular Hbond substituents is 1. The van der Waals surface area contributed by atoms with Crippen LogP contribution >= 0.6 is 0 Å². The number of benzene rings is 9. The third-order valence-corrected chi connectivity index (χ3v) is 10.2. The van der Waals surface area contributed by atoms with Gasteiger partial charge in [0, 0.05) is 11.1 Å². The lowest BCUT2D eigenvalue weighted by Crippen LogP contribution is -1.92. The molecule has 0 aliphatic rings. The van der Waals surface area contributed by atoms with Gasteiger partial charge in [-0.3, -0.25) is 0 Å². The molecule has 1 N–H and O–H groups in total. The van der Waals surface area contributed by atoms with Crippen molar-refractivity contribution in [3.8, 4) is 61.4 Å². The molecular weight excluding hydrogens is 605 g/mol. The fraction of sp³-hybridized carbons (Fsp3) is 0.0204. The van der Waals surface area contributed by atoms with Crippen molar-refractivity contribution in [3.63, 3.8) is 0 Å². The predicted octanol–water partition coefficient (Wildman–Crippen LogP) is 13.5. The van der Waals surface area contributed by atoms with E-state index in [0.29, 0.717) is 5.75 Å². The SMILES string of the molecule is Cc1c(-c2ccccc2-c2ccc(-c3ccccc3)cc2)cccc1-c1cccc(-c2ccc3c4ccccc4c4ccccc4c3c2)c1O. The summed E-state index contributed by atoms with van der Waals surface area (Å²) < 4.78 is 0. The summed E-state index contributed by atoms with van der Waals surface area (Å²) in [6.07, 6.45) is 0. The van der Waals surface area contributed by atoms with Gasteiger partial charge in [-0.2, -0.15) is 0 Å². The van der Waals surface area contributed by atoms with Gasteiger partial charge in [0.15, 0.2) is 0 Å². The summed E-state index contributed by atoms with van der Waals surface area (Å²) in [6, 6.07) is 64.3. The van der Waals surface area contributed by atoms with E-state index < -0.39 is 0 Å². The maximum Gasteiger partial charge on any atom is 0.131 e. The van der Waals surface area contributed by atoms with Crippen molar-refractivity contribution in [2.75, 3.05) is 0 Å². The normalized spacial score (nSPS) is 11.4. The van der Waals surface area contributed by atoms with Crippen molar-refractivity contribution in [3.05, 3.63) is 188 Å². The Labute approximate surface area is 292 Å². The summed E-state index contributed by atoms with van der Waals surface area (Å²) in [6.45, 7) is 2.17. The second kappa shape index (κ2) is 12.2. The molecule has 9 aromatic carbocycles. The number of phenols is 1. The molecule has 1 heteroatoms. The maximum atomic E-state index is 12.0. The van der Waals surface area contributed by atoms with Crippen LogP contribution in [0.25, 0.3) is 88.0 Å². The number of para-hydroxylation sites is 1. The van der Waals surface area contributed by atoms with Crippen molar-refractivity contribution >= 4 is 32.3 Å². The Morgan fingerprint density at radius 3 is 1.36 bits per heavy atom. The summed E-state index contributed by atoms with van der Waals surface area (Å²) >= 11 is 0. The molecule has 0 aliphatic carbocycles. The summed E-state index contributed by atoms with van der Waals surface area (Å²) in [5.41, 5.74) is 11.9. The van der Waals surface area contributed by atoms with E-state index in [1.165, 1.54) is 60.1 Å². The zero-order chi connectivity index (χ0) is 33.6. The van der Waals surface area contributed by atoms with Crippen LogP contribution in [0, 0.1) is 6.92 Å². The van der Waals surface area contributed by atoms with E-state index in [1.807, 2.05) is 18.2 Å². The minimum Gasteiger partial charge on any atom is -0.507 e. The number of fused-ring (bicyclic) bond motifs is 6. The Morgan fingerprint density at radius 2 is 0.700 bits per heavy atom. The van der Waals surface area contributed by atoms with Gasteiger partial charge >= 0.3 is 0 Å². The highest BCUT2D eigenvalue weighted by Gasteiger charge is 2.18. The van der Waals surface area contributed by atoms with Crippen LogP contribution in [0.15, 0.2) is 182 Å². The first-order valence-corrected chi connectivity index (χ1v) is 17.2. The van der Waals surface area contributed by atoms with Crippen LogP contribution in [-0.4, -0.2) is 5.11 Å². The molecule has 236 valence electrons. The fourth-order valence-electron chi connectivity index (χ4n) is 7.73. The Balaban J connectivity index is 1.14. The quantitative estimate of drug-likeness (QED) is 0.186. The first kappa shape index (κ1) is 29.7. The van der Waals surface area contributed by atoms with Gasteiger partial charge in [-0.15, -0.1) is 0 Å². The van der Waals surface area contributed by atoms with Gasteiger partial charge in [0.05, 0.1) is 0 Å². The van der Waals surface area contributed by atoms with E-state index in [-0.39, 0.29) is 0 Å². The van der Waals surface area contributed by atoms with Gasteiger partial charge in [0.1, 0.15) is 5.75 Å². The molecule has 50 heavy (non-hydrogen) atoms. The van der Waals surface area contributed by atoms with Crippen LogP contribution < -0.4 is 0 Å². The average molecular weight is 639 g/mol. The summed E-state index contributed by atoms with van der Waals surface area (Å²) in [7, 11) is 0. The number of aromatic hydroxyl groups is 1. The van der Waals surface area contributed by atoms with Gasteiger partial charge < -0.3 is 5.11 Å². The van der Waals surface area contributed by atoms with Gasteiger partial charge in [0.25, 0.3) is 0 Å². The molecule has 0 fully saturated rings. The third-order valence-electron chi connectivity index (χ3n) is 10.2. The van der Waals surface area contributed by atoms with Gasteiger partial charge in [-0.05, 0) is 95.4 Å². The van der Waals surface area contributed by atoms with Crippen LogP contribution in [0.2, 0.25) is 0 Å². The van der Waals surface area contributed by atoms with Crippen LogP contribution in [0.1, 0.15) is 5.56 Å². The second-order valence-electron chi connectivity index (χ2n) is 13.0. The molecule has 0 amide bonds. The Kier molecular flexibility index (Phi) is 7.25. The zero-order valence-electron chi connectivity index (χ0n) is 27.8. The lowest BCUT2D eigenvalue weighted by atomic mass is 9.87. The molecular formula is C49H34O. The molecule has 9 rings (SSSR count). The molecule has 0 aromatic heterocycles. The molecule has 0 saturated carbocycles. The first-order chi connectivity index (χ1) is 24.7. The van der Waals surface area contributed by atoms with E-state index in [2.05, 4.69) is 171 Å². The van der Waals surface area contributed by atoms with Crippen molar-refractivity contribution in [1.82, 2.24) is 0 Å². The van der Waals surface area contributed by atoms with Crippen LogP contribution in [0.3, 0.4) is 0 Å². The van der Waals surface area contributed by atoms with Gasteiger partial charge in [-0.25, -0.2) is 0 Å². The summed E-state index contributed by atoms with van der Waals surface area (Å²) in [4.78, 5) is 0. The number of hydrogen-bond acceptors (Lipinski definition) is 1. The number of hydrogen-bond donors (Lipinski definition) is 1. The predicted molar refractivity (Wildman–Crippen MR) is 213 cm³/mol. The molecule has 0 spiro atoms. The topological polar surface area (TPSA) is 20.2 Å². The standard InChI is InChI=1S/C49H34O/c1-32-37(41-16-6-5-15-39(41)35-27-25-34(26-28-35)33-13-3-2-4-14-33)21-11-22-38(32)47-24-12-23-40(49(47)50)36-29-30-46-44-19-8-7-17-42(44)43-18-9-10-20-45(43)48(46)31-36/h2-31,50H,1H3. The molecule has 9 aromatic rings. The van der Waals surface area contributed by atoms with Gasteiger partial charge in [-0.1, -0.05) is 176 Å². The minimum absolute atomic E-state index is 0.294. The van der Waals surface area contributed by atoms with Crippen LogP contribution in [0.5, 0.6) is 5.75 Å². The highest BCUT2D eigenvalue weighted by Crippen LogP contribution is 2.44. The fourth-order valence-corrected chi connectivity index (χ4v) is 7.73. The molecule has 1 nitrogen and oxygen atoms in total. The van der Waals surface area contributed by atoms with Crippen molar-refractivity contribution in [2.45, 2.75) is 6.92 Å². The maximum absolute atomic E-state index is 12.0. The second-order valence-corrected chi connectivity index (χ2v) is 13.0. The Morgan fingerprint density at radius 1 is 0.280 bits per heavy atom. The van der Waals surface area contributed by atoms with Crippen molar-refractivity contribution in [1.29, 1.82) is 0 Å². The zero-order valence-corrected chi connectivity index (χ0v) is 27.8. The lowest BCUT2D eigenvalue weighted by Gasteiger charge is -2.18. The van der Waals surface area contributed by atoms with E-state index in [1.54, 1.807) is 0 Å². The number of rotatable bonds is 5. The highest BCUT2D eigenvalue weighted by atomic mass is 16.3. The molecule has 0 atom stereocenters. The molecule has 0 aliphatic heterocycles. The molecule has 0 bridgehead atoms. The van der Waals surface area contributed by atoms with Crippen LogP contribution in [-0.2, 0) is 0 Å². The Bertz CT molecular complexity index is 2670. The average Bonchev–Trinajstić information content (AvgIpc) is 3.19. The van der Waals surface area contributed by atoms with E-state index >= 15 is 0 Å². The summed E-state index contributed by atoms with van der Waals surface area (Å²) in [5, 5.41) is 19.4. The molecule has 0 unspecified atom stereocenters. The largest absolute Gasteiger partial charge is 0.507 e.